The number of nitrogens with two attached hydrogens (primary N) is 1. The summed E-state index contributed by atoms with van der Waals surface area (Å²) in [5, 5.41) is 82.9. The fourth-order valence-corrected chi connectivity index (χ4v) is 4.33. The van der Waals surface area contributed by atoms with Crippen LogP contribution in [0.1, 0.15) is 19.3 Å². The fraction of sp³-hybridized carbons (Fsp3) is 0.625. The van der Waals surface area contributed by atoms with Crippen molar-refractivity contribution in [1.29, 1.82) is 0 Å². The van der Waals surface area contributed by atoms with Crippen molar-refractivity contribution in [3.05, 3.63) is 0 Å². The normalized spacial score (nSPS) is 11.7. The molecule has 0 heterocycles. The van der Waals surface area contributed by atoms with Gasteiger partial charge < -0.3 is 57.0 Å². The summed E-state index contributed by atoms with van der Waals surface area (Å²) in [6.07, 6.45) is -2.79. The number of carbonyl (C=O) groups is 9. The fourth-order valence-electron chi connectivity index (χ4n) is 4.33. The maximum atomic E-state index is 11.4. The average Bonchev–Trinajstić information content (AvgIpc) is 2.86. The number of hydrogen-bond donors (Lipinski definition) is 11. The number of nitrogens with one attached hydrogen (secondary N) is 1. The molecule has 0 aliphatic rings. The molecule has 1 unspecified atom stereocenters. The molecule has 0 amide bonds. The molecule has 47 heavy (non-hydrogen) atoms. The summed E-state index contributed by atoms with van der Waals surface area (Å²) in [5.41, 5.74) is 3.20. The van der Waals surface area contributed by atoms with E-state index in [1.807, 2.05) is 0 Å². The summed E-state index contributed by atoms with van der Waals surface area (Å²) in [5.74, 6) is -12.5. The maximum Gasteiger partial charge on any atom is 0.317 e. The highest BCUT2D eigenvalue weighted by molar-refractivity contribution is 5.78. The Labute approximate surface area is 265 Å². The van der Waals surface area contributed by atoms with Gasteiger partial charge in [-0.2, -0.15) is 0 Å². The molecule has 0 radical (unpaired) electrons. The topological polar surface area (TPSA) is 383 Å². The Balaban J connectivity index is 0. The molecule has 0 fully saturated rings. The van der Waals surface area contributed by atoms with Gasteiger partial charge in [0.1, 0.15) is 0 Å². The van der Waals surface area contributed by atoms with Gasteiger partial charge in [-0.3, -0.25) is 57.9 Å². The van der Waals surface area contributed by atoms with Crippen LogP contribution in [0, 0.1) is 0 Å². The summed E-state index contributed by atoms with van der Waals surface area (Å²) >= 11 is 0. The van der Waals surface area contributed by atoms with Gasteiger partial charge in [0.15, 0.2) is 0 Å². The van der Waals surface area contributed by atoms with Crippen molar-refractivity contribution in [2.24, 2.45) is 5.73 Å². The van der Waals surface area contributed by atoms with E-state index < -0.39 is 124 Å². The minimum absolute atomic E-state index is 0.00972. The lowest BCUT2D eigenvalue weighted by atomic mass is 9.79. The quantitative estimate of drug-likeness (QED) is 0.0408. The molecule has 0 spiro atoms. The minimum Gasteiger partial charge on any atom is -0.481 e. The summed E-state index contributed by atoms with van der Waals surface area (Å²) in [6.45, 7) is -4.31. The zero-order valence-electron chi connectivity index (χ0n) is 24.9. The number of hydrogen-bond acceptors (Lipinski definition) is 14. The molecule has 0 aliphatic carbocycles. The Bertz CT molecular complexity index is 1030. The van der Waals surface area contributed by atoms with Gasteiger partial charge in [0.2, 0.25) is 0 Å². The molecule has 0 aliphatic heterocycles. The molecule has 0 aromatic rings. The van der Waals surface area contributed by atoms with Crippen LogP contribution in [-0.2, 0) is 43.2 Å². The predicted molar refractivity (Wildman–Crippen MR) is 151 cm³/mol. The van der Waals surface area contributed by atoms with Crippen LogP contribution in [-0.4, -0.2) is 191 Å². The van der Waals surface area contributed by atoms with E-state index in [1.54, 1.807) is 0 Å². The van der Waals surface area contributed by atoms with Crippen molar-refractivity contribution in [2.45, 2.75) is 30.8 Å². The van der Waals surface area contributed by atoms with E-state index >= 15 is 0 Å². The largest absolute Gasteiger partial charge is 0.481 e. The van der Waals surface area contributed by atoms with Crippen molar-refractivity contribution < 1.29 is 89.1 Å². The Morgan fingerprint density at radius 1 is 0.511 bits per heavy atom. The van der Waals surface area contributed by atoms with Crippen molar-refractivity contribution in [1.82, 2.24) is 20.0 Å². The van der Waals surface area contributed by atoms with E-state index in [9.17, 15) is 53.4 Å². The molecule has 23 heteroatoms. The van der Waals surface area contributed by atoms with E-state index in [2.05, 4.69) is 5.32 Å². The van der Waals surface area contributed by atoms with Crippen LogP contribution in [0.2, 0.25) is 0 Å². The summed E-state index contributed by atoms with van der Waals surface area (Å²) < 4.78 is 0. The van der Waals surface area contributed by atoms with E-state index in [0.717, 1.165) is 9.80 Å². The first-order valence-corrected chi connectivity index (χ1v) is 13.2. The first-order valence-electron chi connectivity index (χ1n) is 13.2. The first-order chi connectivity index (χ1) is 21.6. The summed E-state index contributed by atoms with van der Waals surface area (Å²) in [7, 11) is 0. The van der Waals surface area contributed by atoms with Crippen LogP contribution >= 0.6 is 0 Å². The number of aliphatic carboxylic acids is 9. The van der Waals surface area contributed by atoms with Gasteiger partial charge in [-0.05, 0) is 0 Å². The molecule has 268 valence electrons. The van der Waals surface area contributed by atoms with Gasteiger partial charge in [0.25, 0.3) is 0 Å². The molecule has 12 N–H and O–H groups in total. The number of carboxylic acids is 9. The molecule has 0 aromatic carbocycles. The highest BCUT2D eigenvalue weighted by Crippen LogP contribution is 2.31. The highest BCUT2D eigenvalue weighted by atomic mass is 16.4. The lowest BCUT2D eigenvalue weighted by Crippen LogP contribution is -2.65. The molecule has 0 saturated carbocycles. The van der Waals surface area contributed by atoms with Gasteiger partial charge in [-0.1, -0.05) is 0 Å². The molecule has 0 aromatic heterocycles. The molecule has 1 atom stereocenters. The van der Waals surface area contributed by atoms with E-state index in [-0.39, 0.29) is 26.2 Å². The molecule has 0 saturated heterocycles. The van der Waals surface area contributed by atoms with Crippen LogP contribution in [0.15, 0.2) is 0 Å². The monoisotopic (exact) mass is 685 g/mol. The van der Waals surface area contributed by atoms with Crippen molar-refractivity contribution in [3.63, 3.8) is 0 Å². The highest BCUT2D eigenvalue weighted by Gasteiger charge is 2.49. The SMILES string of the molecule is NCCNC(CC(=O)O)C(CC(=O)O)(CC(=O)O)N(CC(=O)O)CC(=O)O.O=C(O)CN(CCN(CC(=O)O)CC(=O)O)CC(=O)O. The zero-order chi connectivity index (χ0) is 36.9. The minimum atomic E-state index is -2.15. The van der Waals surface area contributed by atoms with Crippen LogP contribution in [0.4, 0.5) is 0 Å². The summed E-state index contributed by atoms with van der Waals surface area (Å²) in [4.78, 5) is 101. The van der Waals surface area contributed by atoms with Crippen LogP contribution in [0.25, 0.3) is 0 Å². The van der Waals surface area contributed by atoms with Crippen LogP contribution in [0.3, 0.4) is 0 Å². The second-order valence-electron chi connectivity index (χ2n) is 9.78. The van der Waals surface area contributed by atoms with Gasteiger partial charge in [0, 0.05) is 32.2 Å². The molecular formula is C24H39N5O18. The van der Waals surface area contributed by atoms with Gasteiger partial charge in [-0.15, -0.1) is 0 Å². The third-order valence-electron chi connectivity index (χ3n) is 5.93. The Hall–Kier alpha value is -4.97. The smallest absolute Gasteiger partial charge is 0.317 e. The van der Waals surface area contributed by atoms with Gasteiger partial charge >= 0.3 is 53.7 Å². The molecule has 23 nitrogen and oxygen atoms in total. The standard InChI is InChI=1S/C14H23N3O10.C10H16N2O8/c15-1-2-16-8(3-9(18)19)14(4-10(20)21,5-11(22)23)17(6-12(24)25)7-13(26)27;13-7(14)3-11(4-8(15)16)1-2-12(5-9(17)18)6-10(19)20/h8,16H,1-7,15H2,(H,18,19)(H,20,21)(H,22,23)(H,24,25)(H,26,27);1-6H2,(H,13,14)(H,15,16)(H,17,18)(H,19,20). The summed E-state index contributed by atoms with van der Waals surface area (Å²) in [6, 6.07) is -1.40. The Morgan fingerprint density at radius 2 is 0.830 bits per heavy atom. The van der Waals surface area contributed by atoms with Gasteiger partial charge in [-0.25, -0.2) is 0 Å². The third kappa shape index (κ3) is 21.4. The number of nitrogens with zero attached hydrogens (tertiary/aromatic N) is 3. The first kappa shape index (κ1) is 44.2. The van der Waals surface area contributed by atoms with E-state index in [1.165, 1.54) is 0 Å². The van der Waals surface area contributed by atoms with Crippen LogP contribution in [0.5, 0.6) is 0 Å². The lowest BCUT2D eigenvalue weighted by molar-refractivity contribution is -0.157. The number of rotatable bonds is 26. The van der Waals surface area contributed by atoms with E-state index in [4.69, 9.17) is 41.5 Å². The third-order valence-corrected chi connectivity index (χ3v) is 5.93. The molecule has 0 bridgehead atoms. The van der Waals surface area contributed by atoms with Crippen molar-refractivity contribution in [3.8, 4) is 0 Å². The lowest BCUT2D eigenvalue weighted by Gasteiger charge is -2.46. The van der Waals surface area contributed by atoms with Crippen LogP contribution < -0.4 is 11.1 Å². The maximum absolute atomic E-state index is 11.4. The average molecular weight is 686 g/mol. The second kappa shape index (κ2) is 22.5. The molecular weight excluding hydrogens is 646 g/mol. The van der Waals surface area contributed by atoms with E-state index in [0.29, 0.717) is 4.90 Å². The van der Waals surface area contributed by atoms with Gasteiger partial charge in [0.05, 0.1) is 64.1 Å². The Morgan fingerprint density at radius 3 is 1.06 bits per heavy atom. The second-order valence-corrected chi connectivity index (χ2v) is 9.78. The predicted octanol–water partition coefficient (Wildman–Crippen LogP) is -4.53. The van der Waals surface area contributed by atoms with Crippen molar-refractivity contribution >= 4 is 53.7 Å². The Kier molecular flexibility index (Phi) is 21.2. The van der Waals surface area contributed by atoms with Crippen molar-refractivity contribution in [2.75, 3.05) is 65.4 Å². The zero-order valence-corrected chi connectivity index (χ0v) is 24.9. The molecule has 0 rings (SSSR count). The number of carboxylic acid groups (broad SMARTS) is 9.